The zero-order chi connectivity index (χ0) is 11.3. The first-order valence-corrected chi connectivity index (χ1v) is 4.59. The van der Waals surface area contributed by atoms with Crippen molar-refractivity contribution >= 4 is 11.6 Å². The fourth-order valence-corrected chi connectivity index (χ4v) is 1.29. The van der Waals surface area contributed by atoms with Crippen molar-refractivity contribution in [2.45, 2.75) is 0 Å². The number of hydrogen-bond acceptors (Lipinski definition) is 2. The summed E-state index contributed by atoms with van der Waals surface area (Å²) in [5.74, 6) is 0.615. The lowest BCUT2D eigenvalue weighted by atomic mass is 10.3. The molecule has 0 amide bonds. The quantitative estimate of drug-likeness (QED) is 0.394. The second-order valence-corrected chi connectivity index (χ2v) is 3.30. The third kappa shape index (κ3) is 2.71. The minimum atomic E-state index is 0.615. The monoisotopic (exact) mass is 202 g/mol. The van der Waals surface area contributed by atoms with E-state index in [1.54, 1.807) is 11.1 Å². The SMILES string of the molecule is CN(C)C(=NC#N)N(C)c1ccccc1. The van der Waals surface area contributed by atoms with E-state index >= 15 is 0 Å². The molecule has 0 aromatic heterocycles. The van der Waals surface area contributed by atoms with Crippen molar-refractivity contribution in [3.63, 3.8) is 0 Å². The van der Waals surface area contributed by atoms with Crippen LogP contribution < -0.4 is 4.90 Å². The van der Waals surface area contributed by atoms with E-state index < -0.39 is 0 Å². The Hall–Kier alpha value is -2.02. The van der Waals surface area contributed by atoms with Gasteiger partial charge < -0.3 is 9.80 Å². The predicted molar refractivity (Wildman–Crippen MR) is 61.6 cm³/mol. The molecule has 0 radical (unpaired) electrons. The van der Waals surface area contributed by atoms with Crippen molar-refractivity contribution in [3.05, 3.63) is 30.3 Å². The maximum Gasteiger partial charge on any atom is 0.216 e. The number of benzene rings is 1. The zero-order valence-electron chi connectivity index (χ0n) is 9.18. The average molecular weight is 202 g/mol. The number of aliphatic imine (C=N–C) groups is 1. The van der Waals surface area contributed by atoms with E-state index in [4.69, 9.17) is 5.26 Å². The van der Waals surface area contributed by atoms with Gasteiger partial charge in [0.1, 0.15) is 0 Å². The molecule has 15 heavy (non-hydrogen) atoms. The number of anilines is 1. The lowest BCUT2D eigenvalue weighted by Gasteiger charge is -2.25. The topological polar surface area (TPSA) is 42.6 Å². The number of nitrogens with zero attached hydrogens (tertiary/aromatic N) is 4. The summed E-state index contributed by atoms with van der Waals surface area (Å²) in [5.41, 5.74) is 1.00. The fraction of sp³-hybridized carbons (Fsp3) is 0.273. The molecular formula is C11H14N4. The van der Waals surface area contributed by atoms with Gasteiger partial charge in [-0.3, -0.25) is 0 Å². The molecule has 0 unspecified atom stereocenters. The van der Waals surface area contributed by atoms with Gasteiger partial charge in [0, 0.05) is 26.8 Å². The third-order valence-electron chi connectivity index (χ3n) is 1.99. The van der Waals surface area contributed by atoms with Gasteiger partial charge in [-0.15, -0.1) is 4.99 Å². The standard InChI is InChI=1S/C11H14N4/c1-14(2)11(13-9-12)15(3)10-7-5-4-6-8-10/h4-8H,1-3H3. The molecule has 0 heterocycles. The Kier molecular flexibility index (Phi) is 3.69. The van der Waals surface area contributed by atoms with Crippen molar-refractivity contribution in [3.8, 4) is 6.19 Å². The molecule has 0 aliphatic heterocycles. The number of guanidine groups is 1. The van der Waals surface area contributed by atoms with Gasteiger partial charge >= 0.3 is 0 Å². The highest BCUT2D eigenvalue weighted by Crippen LogP contribution is 2.12. The van der Waals surface area contributed by atoms with Crippen molar-refractivity contribution in [2.75, 3.05) is 26.0 Å². The Bertz CT molecular complexity index is 375. The molecule has 4 nitrogen and oxygen atoms in total. The summed E-state index contributed by atoms with van der Waals surface area (Å²) in [6.45, 7) is 0. The average Bonchev–Trinajstić information content (AvgIpc) is 2.26. The van der Waals surface area contributed by atoms with E-state index in [0.29, 0.717) is 5.96 Å². The summed E-state index contributed by atoms with van der Waals surface area (Å²) in [6.07, 6.45) is 1.80. The maximum atomic E-state index is 8.59. The van der Waals surface area contributed by atoms with Gasteiger partial charge in [0.25, 0.3) is 0 Å². The molecule has 1 aromatic rings. The van der Waals surface area contributed by atoms with Gasteiger partial charge in [-0.2, -0.15) is 5.26 Å². The highest BCUT2D eigenvalue weighted by atomic mass is 15.3. The highest BCUT2D eigenvalue weighted by molar-refractivity contribution is 5.95. The molecule has 1 rings (SSSR count). The van der Waals surface area contributed by atoms with Crippen molar-refractivity contribution in [1.82, 2.24) is 4.90 Å². The van der Waals surface area contributed by atoms with Gasteiger partial charge in [0.2, 0.25) is 12.2 Å². The molecule has 1 aromatic carbocycles. The maximum absolute atomic E-state index is 8.59. The van der Waals surface area contributed by atoms with Gasteiger partial charge in [-0.1, -0.05) is 18.2 Å². The Balaban J connectivity index is 2.98. The van der Waals surface area contributed by atoms with E-state index in [1.165, 1.54) is 0 Å². The lowest BCUT2D eigenvalue weighted by molar-refractivity contribution is 0.609. The zero-order valence-corrected chi connectivity index (χ0v) is 9.18. The summed E-state index contributed by atoms with van der Waals surface area (Å²) in [5, 5.41) is 8.59. The molecule has 0 aliphatic carbocycles. The Labute approximate surface area is 90.1 Å². The molecule has 0 saturated carbocycles. The molecule has 0 spiro atoms. The largest absolute Gasteiger partial charge is 0.348 e. The highest BCUT2D eigenvalue weighted by Gasteiger charge is 2.10. The normalized spacial score (nSPS) is 10.7. The summed E-state index contributed by atoms with van der Waals surface area (Å²) in [7, 11) is 5.59. The summed E-state index contributed by atoms with van der Waals surface area (Å²) in [6, 6.07) is 9.79. The number of para-hydroxylation sites is 1. The first-order valence-electron chi connectivity index (χ1n) is 4.59. The van der Waals surface area contributed by atoms with Crippen LogP contribution in [0.2, 0.25) is 0 Å². The van der Waals surface area contributed by atoms with Crippen LogP contribution in [0.3, 0.4) is 0 Å². The van der Waals surface area contributed by atoms with E-state index in [-0.39, 0.29) is 0 Å². The van der Waals surface area contributed by atoms with Crippen LogP contribution >= 0.6 is 0 Å². The second kappa shape index (κ2) is 5.01. The predicted octanol–water partition coefficient (Wildman–Crippen LogP) is 1.52. The van der Waals surface area contributed by atoms with Crippen LogP contribution in [0.15, 0.2) is 35.3 Å². The van der Waals surface area contributed by atoms with Crippen molar-refractivity contribution < 1.29 is 0 Å². The van der Waals surface area contributed by atoms with Gasteiger partial charge in [0.15, 0.2) is 0 Å². The molecule has 0 bridgehead atoms. The van der Waals surface area contributed by atoms with E-state index in [9.17, 15) is 0 Å². The van der Waals surface area contributed by atoms with Crippen LogP contribution in [0.4, 0.5) is 5.69 Å². The van der Waals surface area contributed by atoms with E-state index in [0.717, 1.165) is 5.69 Å². The number of rotatable bonds is 1. The van der Waals surface area contributed by atoms with Gasteiger partial charge in [-0.25, -0.2) is 0 Å². The molecule has 0 saturated heterocycles. The Morgan fingerprint density at radius 3 is 2.27 bits per heavy atom. The van der Waals surface area contributed by atoms with Crippen LogP contribution in [0.1, 0.15) is 0 Å². The molecule has 0 N–H and O–H groups in total. The van der Waals surface area contributed by atoms with Crippen LogP contribution in [0.5, 0.6) is 0 Å². The smallest absolute Gasteiger partial charge is 0.216 e. The second-order valence-electron chi connectivity index (χ2n) is 3.30. The Morgan fingerprint density at radius 2 is 1.80 bits per heavy atom. The first kappa shape index (κ1) is 11.1. The van der Waals surface area contributed by atoms with Crippen molar-refractivity contribution in [1.29, 1.82) is 5.26 Å². The van der Waals surface area contributed by atoms with Crippen LogP contribution in [0.25, 0.3) is 0 Å². The van der Waals surface area contributed by atoms with Gasteiger partial charge in [0.05, 0.1) is 0 Å². The lowest BCUT2D eigenvalue weighted by Crippen LogP contribution is -2.37. The minimum Gasteiger partial charge on any atom is -0.348 e. The molecule has 78 valence electrons. The van der Waals surface area contributed by atoms with E-state index in [1.807, 2.05) is 56.4 Å². The number of nitriles is 1. The van der Waals surface area contributed by atoms with Crippen LogP contribution in [-0.2, 0) is 0 Å². The summed E-state index contributed by atoms with van der Waals surface area (Å²) in [4.78, 5) is 7.44. The van der Waals surface area contributed by atoms with Crippen LogP contribution in [0, 0.1) is 11.5 Å². The fourth-order valence-electron chi connectivity index (χ4n) is 1.29. The Morgan fingerprint density at radius 1 is 1.20 bits per heavy atom. The molecule has 0 atom stereocenters. The molecule has 4 heteroatoms. The third-order valence-corrected chi connectivity index (χ3v) is 1.99. The van der Waals surface area contributed by atoms with Gasteiger partial charge in [-0.05, 0) is 12.1 Å². The minimum absolute atomic E-state index is 0.615. The van der Waals surface area contributed by atoms with Crippen LogP contribution in [-0.4, -0.2) is 32.0 Å². The molecule has 0 aliphatic rings. The molecular weight excluding hydrogens is 188 g/mol. The summed E-state index contributed by atoms with van der Waals surface area (Å²) >= 11 is 0. The molecule has 0 fully saturated rings. The van der Waals surface area contributed by atoms with Crippen molar-refractivity contribution in [2.24, 2.45) is 4.99 Å². The number of hydrogen-bond donors (Lipinski definition) is 0. The first-order chi connectivity index (χ1) is 7.16. The summed E-state index contributed by atoms with van der Waals surface area (Å²) < 4.78 is 0. The van der Waals surface area contributed by atoms with E-state index in [2.05, 4.69) is 4.99 Å².